The van der Waals surface area contributed by atoms with Crippen LogP contribution in [0.2, 0.25) is 0 Å². The van der Waals surface area contributed by atoms with Crippen LogP contribution in [0, 0.1) is 46.3 Å². The number of esters is 1. The van der Waals surface area contributed by atoms with Gasteiger partial charge in [0.1, 0.15) is 11.9 Å². The summed E-state index contributed by atoms with van der Waals surface area (Å²) in [5.41, 5.74) is 0.102. The Morgan fingerprint density at radius 3 is 2.31 bits per heavy atom. The molecule has 4 rings (SSSR count). The van der Waals surface area contributed by atoms with E-state index in [1.165, 1.54) is 32.1 Å². The van der Waals surface area contributed by atoms with Crippen molar-refractivity contribution in [1.82, 2.24) is 0 Å². The molecule has 5 heteroatoms. The smallest absolute Gasteiger partial charge is 0.339 e. The third-order valence-electron chi connectivity index (χ3n) is 9.70. The van der Waals surface area contributed by atoms with Gasteiger partial charge >= 0.3 is 5.97 Å². The molecule has 0 saturated heterocycles. The van der Waals surface area contributed by atoms with E-state index in [0.29, 0.717) is 29.6 Å². The molecule has 0 aliphatic heterocycles. The number of carbonyl (C=O) groups is 2. The number of alkyl halides is 2. The number of Topliss-reactive ketones (excluding diaryl/α,β-unsaturated/α-hetero) is 1. The summed E-state index contributed by atoms with van der Waals surface area (Å²) in [6.45, 7) is 8.85. The first kappa shape index (κ1) is 21.9. The normalized spacial score (nSPS) is 49.1. The molecule has 4 aliphatic carbocycles. The molecular formula is C24H36Cl2O3. The Bertz CT molecular complexity index is 679. The number of ketones is 1. The van der Waals surface area contributed by atoms with Gasteiger partial charge in [0.05, 0.1) is 0 Å². The maximum atomic E-state index is 12.5. The van der Waals surface area contributed by atoms with Crippen molar-refractivity contribution < 1.29 is 14.3 Å². The lowest BCUT2D eigenvalue weighted by molar-refractivity contribution is -0.195. The van der Waals surface area contributed by atoms with Gasteiger partial charge in [0.2, 0.25) is 4.84 Å². The highest BCUT2D eigenvalue weighted by Crippen LogP contribution is 2.68. The summed E-state index contributed by atoms with van der Waals surface area (Å²) in [4.78, 5) is 23.8. The second-order valence-electron chi connectivity index (χ2n) is 11.2. The summed E-state index contributed by atoms with van der Waals surface area (Å²) in [6.07, 6.45) is 8.96. The van der Waals surface area contributed by atoms with E-state index in [-0.39, 0.29) is 28.6 Å². The number of carbonyl (C=O) groups excluding carboxylic acids is 2. The Morgan fingerprint density at radius 2 is 1.66 bits per heavy atom. The second kappa shape index (κ2) is 7.69. The van der Waals surface area contributed by atoms with Crippen LogP contribution >= 0.6 is 23.2 Å². The van der Waals surface area contributed by atoms with Gasteiger partial charge in [0.25, 0.3) is 0 Å². The lowest BCUT2D eigenvalue weighted by atomic mass is 9.43. The standard InChI is InChI=1S/C24H36Cl2O3/c1-13-5-6-15-7-8-16-18-10-9-17(14(2)27)24(18,4)12-19(29-22(28)21(25)26)20(16)23(15,3)11-13/h13,15-21H,5-12H2,1-4H3/t13-,15+,16-,17+,18-,19-,20+,23-,24+/m0/s1. The van der Waals surface area contributed by atoms with Gasteiger partial charge in [-0.25, -0.2) is 4.79 Å². The van der Waals surface area contributed by atoms with Crippen LogP contribution in [0.5, 0.6) is 0 Å². The lowest BCUT2D eigenvalue weighted by Gasteiger charge is -2.63. The Balaban J connectivity index is 1.73. The zero-order valence-electron chi connectivity index (χ0n) is 18.3. The molecule has 0 aromatic carbocycles. The molecule has 0 N–H and O–H groups in total. The first-order valence-electron chi connectivity index (χ1n) is 11.6. The van der Waals surface area contributed by atoms with Crippen LogP contribution in [-0.4, -0.2) is 22.7 Å². The van der Waals surface area contributed by atoms with Gasteiger partial charge in [-0.15, -0.1) is 0 Å². The average molecular weight is 443 g/mol. The Labute approximate surface area is 185 Å². The molecule has 0 radical (unpaired) electrons. The van der Waals surface area contributed by atoms with E-state index in [9.17, 15) is 9.59 Å². The van der Waals surface area contributed by atoms with Crippen LogP contribution in [0.15, 0.2) is 0 Å². The minimum absolute atomic E-state index is 0.0771. The molecular weight excluding hydrogens is 407 g/mol. The quantitative estimate of drug-likeness (QED) is 0.386. The van der Waals surface area contributed by atoms with E-state index >= 15 is 0 Å². The minimum atomic E-state index is -1.15. The maximum Gasteiger partial charge on any atom is 0.339 e. The first-order valence-corrected chi connectivity index (χ1v) is 12.4. The largest absolute Gasteiger partial charge is 0.460 e. The second-order valence-corrected chi connectivity index (χ2v) is 12.3. The fraction of sp³-hybridized carbons (Fsp3) is 0.917. The van der Waals surface area contributed by atoms with E-state index < -0.39 is 10.8 Å². The average Bonchev–Trinajstić information content (AvgIpc) is 2.97. The van der Waals surface area contributed by atoms with E-state index in [1.807, 2.05) is 0 Å². The summed E-state index contributed by atoms with van der Waals surface area (Å²) in [6, 6.07) is 0. The number of hydrogen-bond donors (Lipinski definition) is 0. The van der Waals surface area contributed by atoms with Gasteiger partial charge in [0.15, 0.2) is 0 Å². The summed E-state index contributed by atoms with van der Waals surface area (Å²) in [5, 5.41) is 0. The van der Waals surface area contributed by atoms with E-state index in [2.05, 4.69) is 20.8 Å². The molecule has 4 aliphatic rings. The Kier molecular flexibility index (Phi) is 5.82. The van der Waals surface area contributed by atoms with Crippen LogP contribution in [-0.2, 0) is 14.3 Å². The predicted octanol–water partition coefficient (Wildman–Crippen LogP) is 6.20. The predicted molar refractivity (Wildman–Crippen MR) is 116 cm³/mol. The van der Waals surface area contributed by atoms with Crippen LogP contribution < -0.4 is 0 Å². The molecule has 0 bridgehead atoms. The summed E-state index contributed by atoms with van der Waals surface area (Å²) >= 11 is 11.8. The van der Waals surface area contributed by atoms with Crippen LogP contribution in [0.4, 0.5) is 0 Å². The van der Waals surface area contributed by atoms with Gasteiger partial charge in [-0.3, -0.25) is 4.79 Å². The molecule has 0 amide bonds. The number of hydrogen-bond acceptors (Lipinski definition) is 3. The molecule has 4 fully saturated rings. The van der Waals surface area contributed by atoms with Crippen LogP contribution in [0.3, 0.4) is 0 Å². The van der Waals surface area contributed by atoms with Gasteiger partial charge < -0.3 is 4.74 Å². The molecule has 0 aromatic rings. The highest BCUT2D eigenvalue weighted by Gasteiger charge is 2.64. The third kappa shape index (κ3) is 3.47. The summed E-state index contributed by atoms with van der Waals surface area (Å²) in [7, 11) is 0. The molecule has 29 heavy (non-hydrogen) atoms. The van der Waals surface area contributed by atoms with Gasteiger partial charge in [0, 0.05) is 11.8 Å². The summed E-state index contributed by atoms with van der Waals surface area (Å²) in [5.74, 6) is 2.68. The number of rotatable bonds is 3. The topological polar surface area (TPSA) is 43.4 Å². The van der Waals surface area contributed by atoms with Gasteiger partial charge in [-0.2, -0.15) is 0 Å². The SMILES string of the molecule is CC(=O)[C@H]1CC[C@H]2[C@@H]3CC[C@H]4CC[C@H](C)C[C@]4(C)[C@H]3[C@@H](OC(=O)C(Cl)Cl)C[C@]12C. The zero-order chi connectivity index (χ0) is 21.1. The third-order valence-corrected chi connectivity index (χ3v) is 10.1. The van der Waals surface area contributed by atoms with Crippen molar-refractivity contribution >= 4 is 35.0 Å². The summed E-state index contributed by atoms with van der Waals surface area (Å²) < 4.78 is 6.06. The highest BCUT2D eigenvalue weighted by molar-refractivity contribution is 6.52. The fourth-order valence-electron chi connectivity index (χ4n) is 8.74. The van der Waals surface area contributed by atoms with Crippen molar-refractivity contribution in [2.45, 2.75) is 90.0 Å². The molecule has 4 saturated carbocycles. The zero-order valence-corrected chi connectivity index (χ0v) is 19.8. The van der Waals surface area contributed by atoms with Gasteiger partial charge in [-0.1, -0.05) is 50.4 Å². The first-order chi connectivity index (χ1) is 13.6. The van der Waals surface area contributed by atoms with Crippen LogP contribution in [0.25, 0.3) is 0 Å². The lowest BCUT2D eigenvalue weighted by Crippen LogP contribution is -2.60. The fourth-order valence-corrected chi connectivity index (χ4v) is 8.84. The number of fused-ring (bicyclic) bond motifs is 5. The van der Waals surface area contributed by atoms with Crippen molar-refractivity contribution in [2.75, 3.05) is 0 Å². The molecule has 9 atom stereocenters. The monoisotopic (exact) mass is 442 g/mol. The molecule has 0 spiro atoms. The van der Waals surface area contributed by atoms with Crippen molar-refractivity contribution in [1.29, 1.82) is 0 Å². The molecule has 0 heterocycles. The van der Waals surface area contributed by atoms with Crippen molar-refractivity contribution in [3.05, 3.63) is 0 Å². The highest BCUT2D eigenvalue weighted by atomic mass is 35.5. The van der Waals surface area contributed by atoms with Gasteiger partial charge in [-0.05, 0) is 86.4 Å². The van der Waals surface area contributed by atoms with Crippen molar-refractivity contribution in [2.24, 2.45) is 46.3 Å². The van der Waals surface area contributed by atoms with E-state index in [4.69, 9.17) is 27.9 Å². The molecule has 3 nitrogen and oxygen atoms in total. The molecule has 164 valence electrons. The number of ether oxygens (including phenoxy) is 1. The Morgan fingerprint density at radius 1 is 0.966 bits per heavy atom. The minimum Gasteiger partial charge on any atom is -0.460 e. The van der Waals surface area contributed by atoms with Crippen LogP contribution in [0.1, 0.15) is 79.1 Å². The maximum absolute atomic E-state index is 12.5. The van der Waals surface area contributed by atoms with Crippen molar-refractivity contribution in [3.63, 3.8) is 0 Å². The van der Waals surface area contributed by atoms with E-state index in [1.54, 1.807) is 6.92 Å². The molecule has 0 unspecified atom stereocenters. The van der Waals surface area contributed by atoms with Crippen molar-refractivity contribution in [3.8, 4) is 0 Å². The Hall–Kier alpha value is -0.280. The number of halogens is 2. The molecule has 0 aromatic heterocycles. The van der Waals surface area contributed by atoms with E-state index in [0.717, 1.165) is 19.3 Å².